The fourth-order valence-electron chi connectivity index (χ4n) is 2.53. The maximum absolute atomic E-state index is 11.7. The van der Waals surface area contributed by atoms with E-state index in [1.54, 1.807) is 0 Å². The minimum atomic E-state index is -0.295. The van der Waals surface area contributed by atoms with Gasteiger partial charge in [0.1, 0.15) is 5.60 Å². The molecule has 1 saturated heterocycles. The first-order chi connectivity index (χ1) is 7.52. The van der Waals surface area contributed by atoms with Gasteiger partial charge in [0, 0.05) is 11.5 Å². The van der Waals surface area contributed by atoms with Crippen LogP contribution < -0.4 is 0 Å². The summed E-state index contributed by atoms with van der Waals surface area (Å²) in [6, 6.07) is 0. The van der Waals surface area contributed by atoms with Gasteiger partial charge < -0.3 is 4.74 Å². The molecular weight excluding hydrogens is 200 g/mol. The number of fused-ring (bicyclic) bond motifs is 1. The van der Waals surface area contributed by atoms with E-state index in [9.17, 15) is 4.79 Å². The van der Waals surface area contributed by atoms with E-state index in [1.807, 2.05) is 27.7 Å². The molecule has 0 radical (unpaired) electrons. The van der Waals surface area contributed by atoms with Crippen LogP contribution in [0.2, 0.25) is 0 Å². The lowest BCUT2D eigenvalue weighted by Crippen LogP contribution is -2.46. The third-order valence-corrected chi connectivity index (χ3v) is 3.77. The number of ether oxygens (including phenoxy) is 1. The minimum Gasteiger partial charge on any atom is -0.456 e. The topological polar surface area (TPSA) is 26.3 Å². The second-order valence-corrected chi connectivity index (χ2v) is 4.98. The molecule has 0 aromatic rings. The van der Waals surface area contributed by atoms with E-state index < -0.39 is 0 Å². The number of hydrogen-bond acceptors (Lipinski definition) is 2. The van der Waals surface area contributed by atoms with Crippen molar-refractivity contribution in [2.75, 3.05) is 0 Å². The van der Waals surface area contributed by atoms with E-state index in [0.717, 1.165) is 18.4 Å². The van der Waals surface area contributed by atoms with Crippen LogP contribution in [0.25, 0.3) is 0 Å². The van der Waals surface area contributed by atoms with E-state index in [0.29, 0.717) is 11.8 Å². The van der Waals surface area contributed by atoms with Crippen molar-refractivity contribution in [3.63, 3.8) is 0 Å². The Kier molecular flexibility index (Phi) is 4.17. The lowest BCUT2D eigenvalue weighted by atomic mass is 9.71. The lowest BCUT2D eigenvalue weighted by Gasteiger charge is -2.43. The summed E-state index contributed by atoms with van der Waals surface area (Å²) in [5.41, 5.74) is 0.638. The molecule has 0 N–H and O–H groups in total. The van der Waals surface area contributed by atoms with Gasteiger partial charge in [-0.2, -0.15) is 0 Å². The average molecular weight is 224 g/mol. The highest BCUT2D eigenvalue weighted by Gasteiger charge is 2.44. The molecule has 1 heterocycles. The Bertz CT molecular complexity index is 289. The Hall–Kier alpha value is -0.790. The zero-order valence-corrected chi connectivity index (χ0v) is 11.2. The first-order valence-electron chi connectivity index (χ1n) is 6.46. The Morgan fingerprint density at radius 2 is 2.00 bits per heavy atom. The van der Waals surface area contributed by atoms with Gasteiger partial charge in [0.2, 0.25) is 0 Å². The molecule has 0 aromatic heterocycles. The second-order valence-electron chi connectivity index (χ2n) is 4.98. The SMILES string of the molecule is CC.CC1C2CCCC=C2C(=O)OC1(C)C. The standard InChI is InChI=1S/C12H18O2.C2H6/c1-8-9-6-4-5-7-10(9)11(13)14-12(8,2)3;1-2/h7-9H,4-6H2,1-3H3;1-2H3. The van der Waals surface area contributed by atoms with Crippen LogP contribution in [0.4, 0.5) is 0 Å². The number of allylic oxidation sites excluding steroid dienone is 1. The zero-order chi connectivity index (χ0) is 12.3. The largest absolute Gasteiger partial charge is 0.456 e. The van der Waals surface area contributed by atoms with E-state index >= 15 is 0 Å². The molecule has 0 amide bonds. The van der Waals surface area contributed by atoms with Crippen LogP contribution in [0.1, 0.15) is 53.9 Å². The molecule has 2 nitrogen and oxygen atoms in total. The van der Waals surface area contributed by atoms with Crippen LogP contribution in [0.3, 0.4) is 0 Å². The quantitative estimate of drug-likeness (QED) is 0.586. The maximum Gasteiger partial charge on any atom is 0.334 e. The summed E-state index contributed by atoms with van der Waals surface area (Å²) in [7, 11) is 0. The van der Waals surface area contributed by atoms with Gasteiger partial charge >= 0.3 is 5.97 Å². The Morgan fingerprint density at radius 1 is 1.38 bits per heavy atom. The molecule has 1 fully saturated rings. The summed E-state index contributed by atoms with van der Waals surface area (Å²) in [6.45, 7) is 10.2. The first kappa shape index (κ1) is 13.3. The van der Waals surface area contributed by atoms with Crippen LogP contribution in [-0.2, 0) is 9.53 Å². The Balaban J connectivity index is 0.000000606. The van der Waals surface area contributed by atoms with E-state index in [4.69, 9.17) is 4.74 Å². The molecule has 2 aliphatic rings. The molecule has 16 heavy (non-hydrogen) atoms. The summed E-state index contributed by atoms with van der Waals surface area (Å²) in [5.74, 6) is 0.782. The van der Waals surface area contributed by atoms with Gasteiger partial charge in [-0.25, -0.2) is 4.79 Å². The molecule has 0 saturated carbocycles. The zero-order valence-electron chi connectivity index (χ0n) is 11.2. The summed E-state index contributed by atoms with van der Waals surface area (Å²) in [5, 5.41) is 0. The second kappa shape index (κ2) is 5.03. The smallest absolute Gasteiger partial charge is 0.334 e. The van der Waals surface area contributed by atoms with Gasteiger partial charge in [-0.15, -0.1) is 0 Å². The van der Waals surface area contributed by atoms with Crippen molar-refractivity contribution in [3.8, 4) is 0 Å². The molecule has 2 unspecified atom stereocenters. The molecule has 92 valence electrons. The molecule has 2 atom stereocenters. The number of carbonyl (C=O) groups excluding carboxylic acids is 1. The molecule has 1 aliphatic heterocycles. The van der Waals surface area contributed by atoms with Gasteiger partial charge in [-0.3, -0.25) is 0 Å². The third-order valence-electron chi connectivity index (χ3n) is 3.77. The monoisotopic (exact) mass is 224 g/mol. The van der Waals surface area contributed by atoms with Gasteiger partial charge in [0.15, 0.2) is 0 Å². The summed E-state index contributed by atoms with van der Waals surface area (Å²) >= 11 is 0. The van der Waals surface area contributed by atoms with Gasteiger partial charge in [0.25, 0.3) is 0 Å². The number of hydrogen-bond donors (Lipinski definition) is 0. The Morgan fingerprint density at radius 3 is 2.62 bits per heavy atom. The van der Waals surface area contributed by atoms with E-state index in [-0.39, 0.29) is 11.6 Å². The number of rotatable bonds is 0. The third kappa shape index (κ3) is 2.31. The van der Waals surface area contributed by atoms with Crippen molar-refractivity contribution in [2.24, 2.45) is 11.8 Å². The van der Waals surface area contributed by atoms with Crippen LogP contribution >= 0.6 is 0 Å². The normalized spacial score (nSPS) is 31.6. The van der Waals surface area contributed by atoms with Gasteiger partial charge in [-0.05, 0) is 39.0 Å². The van der Waals surface area contributed by atoms with Gasteiger partial charge in [-0.1, -0.05) is 26.8 Å². The highest BCUT2D eigenvalue weighted by Crippen LogP contribution is 2.42. The fourth-order valence-corrected chi connectivity index (χ4v) is 2.53. The number of carbonyl (C=O) groups is 1. The Labute approximate surface area is 99.1 Å². The molecule has 0 spiro atoms. The van der Waals surface area contributed by atoms with Crippen LogP contribution in [0, 0.1) is 11.8 Å². The average Bonchev–Trinajstić information content (AvgIpc) is 2.29. The highest BCUT2D eigenvalue weighted by molar-refractivity contribution is 5.90. The van der Waals surface area contributed by atoms with Crippen LogP contribution in [-0.4, -0.2) is 11.6 Å². The highest BCUT2D eigenvalue weighted by atomic mass is 16.6. The van der Waals surface area contributed by atoms with E-state index in [2.05, 4.69) is 13.0 Å². The molecule has 0 aromatic carbocycles. The fraction of sp³-hybridized carbons (Fsp3) is 0.786. The van der Waals surface area contributed by atoms with E-state index in [1.165, 1.54) is 6.42 Å². The van der Waals surface area contributed by atoms with Crippen molar-refractivity contribution in [3.05, 3.63) is 11.6 Å². The van der Waals surface area contributed by atoms with Crippen LogP contribution in [0.5, 0.6) is 0 Å². The van der Waals surface area contributed by atoms with Crippen molar-refractivity contribution < 1.29 is 9.53 Å². The van der Waals surface area contributed by atoms with Crippen molar-refractivity contribution in [1.82, 2.24) is 0 Å². The number of cyclic esters (lactones) is 1. The molecule has 0 bridgehead atoms. The number of esters is 1. The molecular formula is C14H24O2. The van der Waals surface area contributed by atoms with Crippen molar-refractivity contribution >= 4 is 5.97 Å². The molecule has 2 heteroatoms. The van der Waals surface area contributed by atoms with Crippen molar-refractivity contribution in [1.29, 1.82) is 0 Å². The first-order valence-corrected chi connectivity index (χ1v) is 6.46. The van der Waals surface area contributed by atoms with Crippen LogP contribution in [0.15, 0.2) is 11.6 Å². The summed E-state index contributed by atoms with van der Waals surface area (Å²) < 4.78 is 5.45. The molecule has 2 rings (SSSR count). The summed E-state index contributed by atoms with van der Waals surface area (Å²) in [4.78, 5) is 11.7. The molecule has 1 aliphatic carbocycles. The predicted molar refractivity (Wildman–Crippen MR) is 66.1 cm³/mol. The lowest BCUT2D eigenvalue weighted by molar-refractivity contribution is -0.166. The summed E-state index contributed by atoms with van der Waals surface area (Å²) in [6.07, 6.45) is 5.46. The predicted octanol–water partition coefficient (Wildman–Crippen LogP) is 3.71. The minimum absolute atomic E-state index is 0.0854. The van der Waals surface area contributed by atoms with Gasteiger partial charge in [0.05, 0.1) is 0 Å². The van der Waals surface area contributed by atoms with Crippen molar-refractivity contribution in [2.45, 2.75) is 59.5 Å². The maximum atomic E-state index is 11.7.